The number of carbonyl (C=O) groups is 2. The van der Waals surface area contributed by atoms with Crippen LogP contribution in [-0.4, -0.2) is 22.8 Å². The summed E-state index contributed by atoms with van der Waals surface area (Å²) < 4.78 is 0. The highest BCUT2D eigenvalue weighted by atomic mass is 16.2. The minimum atomic E-state index is -0.670. The molecular formula is C16H19N3O2. The summed E-state index contributed by atoms with van der Waals surface area (Å²) in [5, 5.41) is 3.58. The Morgan fingerprint density at radius 3 is 2.62 bits per heavy atom. The third kappa shape index (κ3) is 3.56. The van der Waals surface area contributed by atoms with Crippen LogP contribution >= 0.6 is 0 Å². The zero-order valence-corrected chi connectivity index (χ0v) is 12.2. The molecule has 0 bridgehead atoms. The number of pyridine rings is 1. The zero-order chi connectivity index (χ0) is 15.4. The molecule has 0 aliphatic rings. The number of fused-ring (bicyclic) bond motifs is 1. The minimum absolute atomic E-state index is 0.258. The predicted octanol–water partition coefficient (Wildman–Crippen LogP) is 1.86. The summed E-state index contributed by atoms with van der Waals surface area (Å²) in [6, 6.07) is 8.40. The molecule has 2 amide bonds. The Kier molecular flexibility index (Phi) is 4.52. The van der Waals surface area contributed by atoms with Gasteiger partial charge in [-0.15, -0.1) is 0 Å². The maximum atomic E-state index is 12.4. The summed E-state index contributed by atoms with van der Waals surface area (Å²) in [4.78, 5) is 28.1. The molecule has 0 aliphatic heterocycles. The monoisotopic (exact) mass is 285 g/mol. The maximum Gasteiger partial charge on any atom is 0.254 e. The van der Waals surface area contributed by atoms with E-state index in [1.807, 2.05) is 32.0 Å². The molecule has 1 aromatic heterocycles. The van der Waals surface area contributed by atoms with Crippen molar-refractivity contribution in [2.75, 3.05) is 0 Å². The molecular weight excluding hydrogens is 266 g/mol. The van der Waals surface area contributed by atoms with Crippen LogP contribution in [0.2, 0.25) is 0 Å². The van der Waals surface area contributed by atoms with Crippen molar-refractivity contribution in [2.45, 2.75) is 26.3 Å². The van der Waals surface area contributed by atoms with Crippen LogP contribution in [0.4, 0.5) is 0 Å². The lowest BCUT2D eigenvalue weighted by Crippen LogP contribution is -2.45. The number of nitrogens with zero attached hydrogens (tertiary/aromatic N) is 1. The van der Waals surface area contributed by atoms with E-state index in [9.17, 15) is 9.59 Å². The molecule has 3 N–H and O–H groups in total. The second-order valence-electron chi connectivity index (χ2n) is 5.44. The molecule has 2 rings (SSSR count). The third-order valence-corrected chi connectivity index (χ3v) is 3.23. The van der Waals surface area contributed by atoms with E-state index in [2.05, 4.69) is 10.3 Å². The van der Waals surface area contributed by atoms with E-state index in [1.54, 1.807) is 18.3 Å². The Bertz CT molecular complexity index is 662. The number of rotatable bonds is 5. The van der Waals surface area contributed by atoms with Crippen molar-refractivity contribution >= 4 is 22.7 Å². The van der Waals surface area contributed by atoms with Gasteiger partial charge >= 0.3 is 0 Å². The Balaban J connectivity index is 2.27. The van der Waals surface area contributed by atoms with Crippen LogP contribution in [0.1, 0.15) is 30.6 Å². The molecule has 0 fully saturated rings. The number of hydrogen-bond acceptors (Lipinski definition) is 3. The first-order valence-corrected chi connectivity index (χ1v) is 6.93. The van der Waals surface area contributed by atoms with Crippen molar-refractivity contribution < 1.29 is 9.59 Å². The Hall–Kier alpha value is -2.43. The fourth-order valence-corrected chi connectivity index (χ4v) is 2.24. The summed E-state index contributed by atoms with van der Waals surface area (Å²) >= 11 is 0. The average molecular weight is 285 g/mol. The highest BCUT2D eigenvalue weighted by Gasteiger charge is 2.21. The fourth-order valence-electron chi connectivity index (χ4n) is 2.24. The van der Waals surface area contributed by atoms with E-state index in [0.29, 0.717) is 17.5 Å². The number of para-hydroxylation sites is 1. The number of benzene rings is 1. The average Bonchev–Trinajstić information content (AvgIpc) is 2.45. The number of nitrogens with two attached hydrogens (primary N) is 1. The van der Waals surface area contributed by atoms with Gasteiger partial charge in [0.2, 0.25) is 5.91 Å². The van der Waals surface area contributed by atoms with Crippen LogP contribution in [0.3, 0.4) is 0 Å². The first-order valence-electron chi connectivity index (χ1n) is 6.93. The van der Waals surface area contributed by atoms with E-state index in [4.69, 9.17) is 5.73 Å². The van der Waals surface area contributed by atoms with Crippen LogP contribution < -0.4 is 11.1 Å². The topological polar surface area (TPSA) is 85.1 Å². The SMILES string of the molecule is CC(C)C[C@H](NC(=O)c1cccc2cccnc12)C(N)=O. The second-order valence-corrected chi connectivity index (χ2v) is 5.44. The third-order valence-electron chi connectivity index (χ3n) is 3.23. The van der Waals surface area contributed by atoms with Gasteiger partial charge in [0, 0.05) is 11.6 Å². The standard InChI is InChI=1S/C16H19N3O2/c1-10(2)9-13(15(17)20)19-16(21)12-7-3-5-11-6-4-8-18-14(11)12/h3-8,10,13H,9H2,1-2H3,(H2,17,20)(H,19,21)/t13-/m0/s1. The van der Waals surface area contributed by atoms with Gasteiger partial charge in [-0.05, 0) is 24.5 Å². The smallest absolute Gasteiger partial charge is 0.254 e. The Morgan fingerprint density at radius 1 is 1.24 bits per heavy atom. The van der Waals surface area contributed by atoms with Gasteiger partial charge in [0.1, 0.15) is 6.04 Å². The van der Waals surface area contributed by atoms with Gasteiger partial charge < -0.3 is 11.1 Å². The molecule has 1 atom stereocenters. The van der Waals surface area contributed by atoms with E-state index < -0.39 is 11.9 Å². The van der Waals surface area contributed by atoms with Crippen LogP contribution in [0.5, 0.6) is 0 Å². The molecule has 0 saturated heterocycles. The predicted molar refractivity (Wildman–Crippen MR) is 81.6 cm³/mol. The molecule has 5 heteroatoms. The molecule has 1 heterocycles. The Morgan fingerprint density at radius 2 is 1.95 bits per heavy atom. The summed E-state index contributed by atoms with van der Waals surface area (Å²) in [7, 11) is 0. The van der Waals surface area contributed by atoms with Crippen LogP contribution in [0.25, 0.3) is 10.9 Å². The molecule has 0 aliphatic carbocycles. The summed E-state index contributed by atoms with van der Waals surface area (Å²) in [6.07, 6.45) is 2.15. The van der Waals surface area contributed by atoms with Crippen molar-refractivity contribution in [3.05, 3.63) is 42.1 Å². The van der Waals surface area contributed by atoms with Gasteiger partial charge in [-0.1, -0.05) is 32.0 Å². The first-order chi connectivity index (χ1) is 9.99. The van der Waals surface area contributed by atoms with Crippen molar-refractivity contribution in [3.63, 3.8) is 0 Å². The maximum absolute atomic E-state index is 12.4. The lowest BCUT2D eigenvalue weighted by Gasteiger charge is -2.17. The molecule has 1 aromatic carbocycles. The van der Waals surface area contributed by atoms with Gasteiger partial charge in [-0.25, -0.2) is 0 Å². The summed E-state index contributed by atoms with van der Waals surface area (Å²) in [6.45, 7) is 3.95. The van der Waals surface area contributed by atoms with Crippen molar-refractivity contribution in [1.29, 1.82) is 0 Å². The molecule has 5 nitrogen and oxygen atoms in total. The molecule has 2 aromatic rings. The molecule has 0 radical (unpaired) electrons. The van der Waals surface area contributed by atoms with E-state index in [-0.39, 0.29) is 11.8 Å². The number of primary amides is 1. The highest BCUT2D eigenvalue weighted by molar-refractivity contribution is 6.06. The lowest BCUT2D eigenvalue weighted by atomic mass is 10.0. The van der Waals surface area contributed by atoms with Gasteiger partial charge in [0.15, 0.2) is 0 Å². The van der Waals surface area contributed by atoms with Crippen LogP contribution in [0, 0.1) is 5.92 Å². The fraction of sp³-hybridized carbons (Fsp3) is 0.312. The normalized spacial score (nSPS) is 12.3. The van der Waals surface area contributed by atoms with Crippen LogP contribution in [-0.2, 0) is 4.79 Å². The number of nitrogens with one attached hydrogen (secondary N) is 1. The summed E-state index contributed by atoms with van der Waals surface area (Å²) in [5.41, 5.74) is 6.42. The number of aromatic nitrogens is 1. The quantitative estimate of drug-likeness (QED) is 0.879. The zero-order valence-electron chi connectivity index (χ0n) is 12.2. The molecule has 0 unspecified atom stereocenters. The number of amides is 2. The van der Waals surface area contributed by atoms with E-state index in [0.717, 1.165) is 5.39 Å². The van der Waals surface area contributed by atoms with E-state index >= 15 is 0 Å². The van der Waals surface area contributed by atoms with Gasteiger partial charge in [0.05, 0.1) is 11.1 Å². The van der Waals surface area contributed by atoms with Gasteiger partial charge in [0.25, 0.3) is 5.91 Å². The highest BCUT2D eigenvalue weighted by Crippen LogP contribution is 2.16. The van der Waals surface area contributed by atoms with Crippen LogP contribution in [0.15, 0.2) is 36.5 Å². The number of hydrogen-bond donors (Lipinski definition) is 2. The molecule has 0 spiro atoms. The minimum Gasteiger partial charge on any atom is -0.368 e. The largest absolute Gasteiger partial charge is 0.368 e. The number of carbonyl (C=O) groups excluding carboxylic acids is 2. The van der Waals surface area contributed by atoms with Crippen molar-refractivity contribution in [3.8, 4) is 0 Å². The molecule has 0 saturated carbocycles. The first kappa shape index (κ1) is 15.0. The van der Waals surface area contributed by atoms with Gasteiger partial charge in [-0.2, -0.15) is 0 Å². The van der Waals surface area contributed by atoms with E-state index in [1.165, 1.54) is 0 Å². The summed E-state index contributed by atoms with van der Waals surface area (Å²) in [5.74, 6) is -0.595. The second kappa shape index (κ2) is 6.35. The van der Waals surface area contributed by atoms with Gasteiger partial charge in [-0.3, -0.25) is 14.6 Å². The lowest BCUT2D eigenvalue weighted by molar-refractivity contribution is -0.120. The van der Waals surface area contributed by atoms with Crippen molar-refractivity contribution in [2.24, 2.45) is 11.7 Å². The Labute approximate surface area is 123 Å². The molecule has 110 valence electrons. The van der Waals surface area contributed by atoms with Crippen molar-refractivity contribution in [1.82, 2.24) is 10.3 Å². The molecule has 21 heavy (non-hydrogen) atoms.